The van der Waals surface area contributed by atoms with Gasteiger partial charge in [-0.1, -0.05) is 12.1 Å². The van der Waals surface area contributed by atoms with E-state index < -0.39 is 0 Å². The fourth-order valence-electron chi connectivity index (χ4n) is 4.25. The second-order valence-electron chi connectivity index (χ2n) is 7.59. The molecule has 1 atom stereocenters. The minimum absolute atomic E-state index is 0.0272. The van der Waals surface area contributed by atoms with Crippen LogP contribution < -0.4 is 14.7 Å². The summed E-state index contributed by atoms with van der Waals surface area (Å²) < 4.78 is 14.1. The Bertz CT molecular complexity index is 887. The predicted octanol–water partition coefficient (Wildman–Crippen LogP) is 3.23. The number of aromatic nitrogens is 2. The highest BCUT2D eigenvalue weighted by Crippen LogP contribution is 2.37. The molecule has 0 aliphatic carbocycles. The lowest BCUT2D eigenvalue weighted by atomic mass is 10.0. The average molecular weight is 400 g/mol. The van der Waals surface area contributed by atoms with Gasteiger partial charge >= 0.3 is 5.69 Å². The van der Waals surface area contributed by atoms with E-state index >= 15 is 0 Å². The quantitative estimate of drug-likeness (QED) is 0.576. The highest BCUT2D eigenvalue weighted by atomic mass is 19.1. The van der Waals surface area contributed by atoms with Crippen molar-refractivity contribution in [2.24, 2.45) is 0 Å². The topological polar surface area (TPSA) is 78.6 Å². The van der Waals surface area contributed by atoms with Crippen LogP contribution in [0.15, 0.2) is 30.6 Å². The highest BCUT2D eigenvalue weighted by molar-refractivity contribution is 5.72. The summed E-state index contributed by atoms with van der Waals surface area (Å²) in [6.07, 6.45) is 4.55. The number of benzene rings is 1. The van der Waals surface area contributed by atoms with E-state index in [1.54, 1.807) is 12.1 Å². The van der Waals surface area contributed by atoms with Crippen molar-refractivity contribution in [2.75, 3.05) is 47.4 Å². The fourth-order valence-corrected chi connectivity index (χ4v) is 4.25. The molecule has 2 fully saturated rings. The van der Waals surface area contributed by atoms with Crippen LogP contribution in [0.4, 0.5) is 27.4 Å². The number of para-hydroxylation sites is 1. The van der Waals surface area contributed by atoms with E-state index in [0.717, 1.165) is 25.8 Å². The second kappa shape index (κ2) is 8.18. The van der Waals surface area contributed by atoms with Gasteiger partial charge in [-0.3, -0.25) is 10.1 Å². The first-order valence-electron chi connectivity index (χ1n) is 10.1. The van der Waals surface area contributed by atoms with E-state index in [2.05, 4.69) is 16.9 Å². The summed E-state index contributed by atoms with van der Waals surface area (Å²) in [6.45, 7) is 5.04. The molecule has 4 rings (SSSR count). The number of nitro groups is 1. The molecule has 1 aromatic carbocycles. The van der Waals surface area contributed by atoms with Gasteiger partial charge in [0.2, 0.25) is 11.6 Å². The van der Waals surface area contributed by atoms with Crippen molar-refractivity contribution in [3.63, 3.8) is 0 Å². The molecule has 8 nitrogen and oxygen atoms in total. The van der Waals surface area contributed by atoms with Crippen LogP contribution in [-0.2, 0) is 0 Å². The van der Waals surface area contributed by atoms with Gasteiger partial charge in [-0.15, -0.1) is 0 Å². The van der Waals surface area contributed by atoms with E-state index in [1.807, 2.05) is 20.8 Å². The molecule has 154 valence electrons. The van der Waals surface area contributed by atoms with E-state index in [4.69, 9.17) is 0 Å². The Labute approximate surface area is 169 Å². The molecule has 1 unspecified atom stereocenters. The molecule has 0 bridgehead atoms. The van der Waals surface area contributed by atoms with Crippen LogP contribution in [-0.4, -0.2) is 53.7 Å². The van der Waals surface area contributed by atoms with E-state index in [1.165, 1.54) is 12.4 Å². The summed E-state index contributed by atoms with van der Waals surface area (Å²) in [4.78, 5) is 26.1. The van der Waals surface area contributed by atoms with Gasteiger partial charge in [-0.05, 0) is 38.3 Å². The van der Waals surface area contributed by atoms with Gasteiger partial charge in [0.1, 0.15) is 12.1 Å². The molecule has 2 aliphatic rings. The van der Waals surface area contributed by atoms with Gasteiger partial charge in [0, 0.05) is 38.8 Å². The molecule has 0 saturated carbocycles. The van der Waals surface area contributed by atoms with Gasteiger partial charge in [-0.2, -0.15) is 0 Å². The Morgan fingerprint density at radius 2 is 1.72 bits per heavy atom. The number of piperidine rings is 1. The van der Waals surface area contributed by atoms with Gasteiger partial charge in [0.25, 0.3) is 0 Å². The third-order valence-corrected chi connectivity index (χ3v) is 5.81. The third-order valence-electron chi connectivity index (χ3n) is 5.81. The molecule has 3 heterocycles. The number of nitrogens with zero attached hydrogens (tertiary/aromatic N) is 6. The van der Waals surface area contributed by atoms with Crippen LogP contribution in [0.3, 0.4) is 0 Å². The maximum absolute atomic E-state index is 14.1. The van der Waals surface area contributed by atoms with Crippen molar-refractivity contribution < 1.29 is 9.31 Å². The van der Waals surface area contributed by atoms with Crippen molar-refractivity contribution in [2.45, 2.75) is 32.2 Å². The van der Waals surface area contributed by atoms with Crippen LogP contribution >= 0.6 is 0 Å². The number of hydrogen-bond acceptors (Lipinski definition) is 7. The molecule has 2 saturated heterocycles. The van der Waals surface area contributed by atoms with Crippen molar-refractivity contribution in [3.8, 4) is 0 Å². The largest absolute Gasteiger partial charge is 0.366 e. The zero-order valence-corrected chi connectivity index (χ0v) is 16.5. The average Bonchev–Trinajstić information content (AvgIpc) is 2.74. The Morgan fingerprint density at radius 1 is 1.03 bits per heavy atom. The smallest absolute Gasteiger partial charge is 0.353 e. The Morgan fingerprint density at radius 3 is 2.41 bits per heavy atom. The summed E-state index contributed by atoms with van der Waals surface area (Å²) in [5, 5.41) is 12.0. The Balaban J connectivity index is 1.58. The first-order valence-corrected chi connectivity index (χ1v) is 10.1. The molecule has 0 radical (unpaired) electrons. The van der Waals surface area contributed by atoms with Crippen LogP contribution in [0.25, 0.3) is 0 Å². The lowest BCUT2D eigenvalue weighted by Crippen LogP contribution is -2.47. The number of rotatable bonds is 4. The molecule has 0 N–H and O–H groups in total. The van der Waals surface area contributed by atoms with Crippen molar-refractivity contribution in [1.29, 1.82) is 0 Å². The standard InChI is InChI=1S/C20H25FN6O2/c1-15-6-4-5-9-26(15)20-18(27(28)29)19(22-14-23-20)25-12-10-24(11-13-25)17-8-3-2-7-16(17)21/h2-3,7-8,14-15H,4-6,9-13H2,1H3. The Hall–Kier alpha value is -2.97. The van der Waals surface area contributed by atoms with Crippen molar-refractivity contribution in [3.05, 3.63) is 46.5 Å². The van der Waals surface area contributed by atoms with Crippen molar-refractivity contribution in [1.82, 2.24) is 9.97 Å². The van der Waals surface area contributed by atoms with Gasteiger partial charge < -0.3 is 14.7 Å². The number of anilines is 3. The van der Waals surface area contributed by atoms with E-state index in [0.29, 0.717) is 43.5 Å². The summed E-state index contributed by atoms with van der Waals surface area (Å²) in [7, 11) is 0. The number of piperazine rings is 1. The van der Waals surface area contributed by atoms with Gasteiger partial charge in [0.05, 0.1) is 10.6 Å². The molecule has 0 spiro atoms. The summed E-state index contributed by atoms with van der Waals surface area (Å²) in [5.41, 5.74) is 0.535. The molecular weight excluding hydrogens is 375 g/mol. The first kappa shape index (κ1) is 19.4. The summed E-state index contributed by atoms with van der Waals surface area (Å²) in [6, 6.07) is 6.90. The number of hydrogen-bond donors (Lipinski definition) is 0. The lowest BCUT2D eigenvalue weighted by molar-refractivity contribution is -0.383. The molecule has 29 heavy (non-hydrogen) atoms. The van der Waals surface area contributed by atoms with Crippen LogP contribution in [0.2, 0.25) is 0 Å². The molecule has 2 aliphatic heterocycles. The lowest BCUT2D eigenvalue weighted by Gasteiger charge is -2.37. The predicted molar refractivity (Wildman–Crippen MR) is 110 cm³/mol. The molecular formula is C20H25FN6O2. The monoisotopic (exact) mass is 400 g/mol. The van der Waals surface area contributed by atoms with Crippen molar-refractivity contribution >= 4 is 23.0 Å². The van der Waals surface area contributed by atoms with Crippen LogP contribution in [0, 0.1) is 15.9 Å². The minimum atomic E-state index is -0.366. The van der Waals surface area contributed by atoms with Crippen LogP contribution in [0.1, 0.15) is 26.2 Å². The zero-order chi connectivity index (χ0) is 20.4. The van der Waals surface area contributed by atoms with E-state index in [9.17, 15) is 14.5 Å². The SMILES string of the molecule is CC1CCCCN1c1ncnc(N2CCN(c3ccccc3F)CC2)c1[N+](=O)[O-]. The van der Waals surface area contributed by atoms with Gasteiger partial charge in [0.15, 0.2) is 0 Å². The maximum Gasteiger partial charge on any atom is 0.353 e. The molecule has 2 aromatic rings. The molecule has 0 amide bonds. The van der Waals surface area contributed by atoms with Crippen LogP contribution in [0.5, 0.6) is 0 Å². The molecule has 1 aromatic heterocycles. The van der Waals surface area contributed by atoms with Gasteiger partial charge in [-0.25, -0.2) is 14.4 Å². The highest BCUT2D eigenvalue weighted by Gasteiger charge is 2.34. The summed E-state index contributed by atoms with van der Waals surface area (Å²) in [5.74, 6) is 0.505. The normalized spacial score (nSPS) is 20.1. The fraction of sp³-hybridized carbons (Fsp3) is 0.500. The number of halogens is 1. The second-order valence-corrected chi connectivity index (χ2v) is 7.59. The third kappa shape index (κ3) is 3.81. The first-order chi connectivity index (χ1) is 14.1. The van der Waals surface area contributed by atoms with E-state index in [-0.39, 0.29) is 22.5 Å². The minimum Gasteiger partial charge on any atom is -0.366 e. The zero-order valence-electron chi connectivity index (χ0n) is 16.5. The molecule has 9 heteroatoms. The maximum atomic E-state index is 14.1. The Kier molecular flexibility index (Phi) is 5.46. The summed E-state index contributed by atoms with van der Waals surface area (Å²) >= 11 is 0.